The Bertz CT molecular complexity index is 247. The van der Waals surface area contributed by atoms with Gasteiger partial charge >= 0.3 is 5.97 Å². The van der Waals surface area contributed by atoms with E-state index in [1.54, 1.807) is 6.92 Å². The van der Waals surface area contributed by atoms with E-state index in [4.69, 9.17) is 4.74 Å². The number of carbonyl (C=O) groups excluding carboxylic acids is 1. The molecule has 1 aliphatic rings. The van der Waals surface area contributed by atoms with Crippen molar-refractivity contribution in [3.63, 3.8) is 0 Å². The van der Waals surface area contributed by atoms with Gasteiger partial charge in [0.15, 0.2) is 0 Å². The average Bonchev–Trinajstić information content (AvgIpc) is 2.43. The second-order valence-electron chi connectivity index (χ2n) is 4.86. The zero-order valence-corrected chi connectivity index (χ0v) is 9.87. The number of carbonyl (C=O) groups is 1. The topological polar surface area (TPSA) is 55.8 Å². The summed E-state index contributed by atoms with van der Waals surface area (Å²) in [6.07, 6.45) is 0.977. The lowest BCUT2D eigenvalue weighted by atomic mass is 9.89. The number of ether oxygens (including phenoxy) is 2. The zero-order valence-electron chi connectivity index (χ0n) is 9.87. The van der Waals surface area contributed by atoms with Gasteiger partial charge in [0.1, 0.15) is 5.60 Å². The van der Waals surface area contributed by atoms with Crippen molar-refractivity contribution < 1.29 is 19.4 Å². The van der Waals surface area contributed by atoms with Gasteiger partial charge in [-0.2, -0.15) is 0 Å². The molecule has 0 aromatic rings. The van der Waals surface area contributed by atoms with Crippen molar-refractivity contribution >= 4 is 5.97 Å². The molecule has 4 heteroatoms. The maximum atomic E-state index is 11.3. The van der Waals surface area contributed by atoms with Gasteiger partial charge in [-0.05, 0) is 33.6 Å². The third-order valence-electron chi connectivity index (χ3n) is 3.06. The van der Waals surface area contributed by atoms with Crippen LogP contribution in [0.2, 0.25) is 0 Å². The molecule has 2 atom stereocenters. The summed E-state index contributed by atoms with van der Waals surface area (Å²) >= 11 is 0. The number of aliphatic hydroxyl groups is 1. The first-order valence-corrected chi connectivity index (χ1v) is 5.26. The molecule has 0 amide bonds. The summed E-state index contributed by atoms with van der Waals surface area (Å²) in [7, 11) is 1.35. The Balaban J connectivity index is 2.78. The molecule has 1 aliphatic heterocycles. The molecular weight excluding hydrogens is 196 g/mol. The van der Waals surface area contributed by atoms with E-state index in [9.17, 15) is 9.90 Å². The van der Waals surface area contributed by atoms with Crippen LogP contribution in [0.25, 0.3) is 0 Å². The van der Waals surface area contributed by atoms with Crippen molar-refractivity contribution in [1.29, 1.82) is 0 Å². The predicted octanol–water partition coefficient (Wildman–Crippen LogP) is 1.26. The van der Waals surface area contributed by atoms with Gasteiger partial charge in [0.05, 0.1) is 25.2 Å². The Morgan fingerprint density at radius 1 is 1.53 bits per heavy atom. The number of rotatable bonds is 3. The Hall–Kier alpha value is -0.610. The quantitative estimate of drug-likeness (QED) is 0.721. The van der Waals surface area contributed by atoms with Crippen LogP contribution in [0.15, 0.2) is 0 Å². The fourth-order valence-electron chi connectivity index (χ4n) is 2.05. The maximum Gasteiger partial charge on any atom is 0.308 e. The van der Waals surface area contributed by atoms with E-state index in [1.807, 2.05) is 13.8 Å². The van der Waals surface area contributed by atoms with Crippen LogP contribution in [-0.2, 0) is 14.3 Å². The first kappa shape index (κ1) is 12.5. The standard InChI is InChI=1S/C11H20O4/c1-8(12)11(7-9(13)14-4)6-5-10(2,3)15-11/h8,12H,5-7H2,1-4H3. The van der Waals surface area contributed by atoms with E-state index in [0.717, 1.165) is 6.42 Å². The summed E-state index contributed by atoms with van der Waals surface area (Å²) in [6, 6.07) is 0. The van der Waals surface area contributed by atoms with Crippen molar-refractivity contribution in [3.8, 4) is 0 Å². The largest absolute Gasteiger partial charge is 0.469 e. The van der Waals surface area contributed by atoms with Crippen molar-refractivity contribution in [2.45, 2.75) is 57.3 Å². The minimum absolute atomic E-state index is 0.116. The molecule has 15 heavy (non-hydrogen) atoms. The molecule has 2 unspecified atom stereocenters. The van der Waals surface area contributed by atoms with Gasteiger partial charge in [0.2, 0.25) is 0 Å². The summed E-state index contributed by atoms with van der Waals surface area (Å²) in [6.45, 7) is 5.59. The number of esters is 1. The molecule has 0 spiro atoms. The van der Waals surface area contributed by atoms with Crippen molar-refractivity contribution in [2.75, 3.05) is 7.11 Å². The smallest absolute Gasteiger partial charge is 0.308 e. The highest BCUT2D eigenvalue weighted by Crippen LogP contribution is 2.41. The number of hydrogen-bond acceptors (Lipinski definition) is 4. The summed E-state index contributed by atoms with van der Waals surface area (Å²) < 4.78 is 10.4. The van der Waals surface area contributed by atoms with Crippen LogP contribution in [0.5, 0.6) is 0 Å². The Kier molecular flexibility index (Phi) is 3.41. The normalized spacial score (nSPS) is 31.3. The van der Waals surface area contributed by atoms with Crippen LogP contribution in [0.3, 0.4) is 0 Å². The molecule has 0 saturated carbocycles. The number of aliphatic hydroxyl groups excluding tert-OH is 1. The first-order chi connectivity index (χ1) is 6.81. The molecule has 1 fully saturated rings. The first-order valence-electron chi connectivity index (χ1n) is 5.26. The van der Waals surface area contributed by atoms with Crippen molar-refractivity contribution in [2.24, 2.45) is 0 Å². The lowest BCUT2D eigenvalue weighted by molar-refractivity contribution is -0.167. The molecule has 0 bridgehead atoms. The molecule has 1 heterocycles. The Morgan fingerprint density at radius 3 is 2.47 bits per heavy atom. The SMILES string of the molecule is COC(=O)CC1(C(C)O)CCC(C)(C)O1. The molecule has 0 aromatic heterocycles. The lowest BCUT2D eigenvalue weighted by Crippen LogP contribution is -2.44. The fraction of sp³-hybridized carbons (Fsp3) is 0.909. The van der Waals surface area contributed by atoms with Crippen LogP contribution in [0, 0.1) is 0 Å². The number of methoxy groups -OCH3 is 1. The van der Waals surface area contributed by atoms with E-state index in [0.29, 0.717) is 6.42 Å². The molecule has 1 saturated heterocycles. The minimum Gasteiger partial charge on any atom is -0.469 e. The third-order valence-corrected chi connectivity index (χ3v) is 3.06. The van der Waals surface area contributed by atoms with Gasteiger partial charge < -0.3 is 14.6 Å². The monoisotopic (exact) mass is 216 g/mol. The maximum absolute atomic E-state index is 11.3. The molecule has 88 valence electrons. The lowest BCUT2D eigenvalue weighted by Gasteiger charge is -2.33. The summed E-state index contributed by atoms with van der Waals surface area (Å²) in [5, 5.41) is 9.75. The third kappa shape index (κ3) is 2.69. The molecule has 0 radical (unpaired) electrons. The molecular formula is C11H20O4. The van der Waals surface area contributed by atoms with Gasteiger partial charge in [-0.25, -0.2) is 0 Å². The van der Waals surface area contributed by atoms with Gasteiger partial charge in [0, 0.05) is 0 Å². The molecule has 0 aliphatic carbocycles. The van der Waals surface area contributed by atoms with Crippen molar-refractivity contribution in [1.82, 2.24) is 0 Å². The van der Waals surface area contributed by atoms with Gasteiger partial charge in [-0.3, -0.25) is 4.79 Å². The minimum atomic E-state index is -0.767. The van der Waals surface area contributed by atoms with Gasteiger partial charge in [-0.15, -0.1) is 0 Å². The Labute approximate surface area is 90.6 Å². The van der Waals surface area contributed by atoms with E-state index >= 15 is 0 Å². The van der Waals surface area contributed by atoms with Gasteiger partial charge in [0.25, 0.3) is 0 Å². The molecule has 0 aromatic carbocycles. The molecule has 4 nitrogen and oxygen atoms in total. The summed E-state index contributed by atoms with van der Waals surface area (Å²) in [5.74, 6) is -0.339. The highest BCUT2D eigenvalue weighted by molar-refractivity contribution is 5.70. The van der Waals surface area contributed by atoms with Crippen LogP contribution in [-0.4, -0.2) is 35.5 Å². The molecule has 1 N–H and O–H groups in total. The summed E-state index contributed by atoms with van der Waals surface area (Å²) in [5.41, 5.74) is -1.04. The van der Waals surface area contributed by atoms with Crippen LogP contribution in [0.4, 0.5) is 0 Å². The van der Waals surface area contributed by atoms with Crippen LogP contribution in [0.1, 0.15) is 40.0 Å². The summed E-state index contributed by atoms with van der Waals surface area (Å²) in [4.78, 5) is 11.3. The fourth-order valence-corrected chi connectivity index (χ4v) is 2.05. The van der Waals surface area contributed by atoms with Crippen LogP contribution >= 0.6 is 0 Å². The van der Waals surface area contributed by atoms with Crippen LogP contribution < -0.4 is 0 Å². The van der Waals surface area contributed by atoms with E-state index in [-0.39, 0.29) is 18.0 Å². The second-order valence-corrected chi connectivity index (χ2v) is 4.86. The Morgan fingerprint density at radius 2 is 2.13 bits per heavy atom. The number of hydrogen-bond donors (Lipinski definition) is 1. The van der Waals surface area contributed by atoms with Gasteiger partial charge in [-0.1, -0.05) is 0 Å². The highest BCUT2D eigenvalue weighted by Gasteiger charge is 2.48. The van der Waals surface area contributed by atoms with E-state index in [1.165, 1.54) is 7.11 Å². The average molecular weight is 216 g/mol. The molecule has 1 rings (SSSR count). The van der Waals surface area contributed by atoms with E-state index < -0.39 is 11.7 Å². The predicted molar refractivity (Wildman–Crippen MR) is 55.4 cm³/mol. The van der Waals surface area contributed by atoms with E-state index in [2.05, 4.69) is 4.74 Å². The second kappa shape index (κ2) is 4.10. The highest BCUT2D eigenvalue weighted by atomic mass is 16.6. The van der Waals surface area contributed by atoms with Crippen molar-refractivity contribution in [3.05, 3.63) is 0 Å². The zero-order chi connectivity index (χ0) is 11.7.